The molecule has 1 heterocycles. The average Bonchev–Trinajstić information content (AvgIpc) is 2.64. The van der Waals surface area contributed by atoms with Crippen LogP contribution < -0.4 is 5.56 Å². The van der Waals surface area contributed by atoms with Crippen LogP contribution in [0.5, 0.6) is 0 Å². The zero-order valence-electron chi connectivity index (χ0n) is 13.5. The van der Waals surface area contributed by atoms with Gasteiger partial charge in [0.2, 0.25) is 0 Å². The van der Waals surface area contributed by atoms with Gasteiger partial charge in [-0.1, -0.05) is 58.0 Å². The van der Waals surface area contributed by atoms with Crippen LogP contribution in [0.3, 0.4) is 0 Å². The Morgan fingerprint density at radius 3 is 2.68 bits per heavy atom. The van der Waals surface area contributed by atoms with E-state index >= 15 is 0 Å². The normalized spacial score (nSPS) is 10.6. The Kier molecular flexibility index (Phi) is 5.50. The summed E-state index contributed by atoms with van der Waals surface area (Å²) in [4.78, 5) is 29.0. The van der Waals surface area contributed by atoms with Crippen molar-refractivity contribution < 1.29 is 4.79 Å². The molecule has 0 N–H and O–H groups in total. The van der Waals surface area contributed by atoms with Gasteiger partial charge in [-0.05, 0) is 30.7 Å². The first-order valence-corrected chi connectivity index (χ1v) is 9.39. The molecular formula is C19H15BrN2O2S. The molecule has 0 aliphatic carbocycles. The molecular weight excluding hydrogens is 400 g/mol. The summed E-state index contributed by atoms with van der Waals surface area (Å²) < 4.78 is 2.53. The van der Waals surface area contributed by atoms with Crippen LogP contribution in [0.2, 0.25) is 0 Å². The molecule has 6 heteroatoms. The van der Waals surface area contributed by atoms with Gasteiger partial charge >= 0.3 is 0 Å². The van der Waals surface area contributed by atoms with Crippen LogP contribution in [-0.2, 0) is 0 Å². The number of aromatic nitrogens is 2. The lowest BCUT2D eigenvalue weighted by molar-refractivity contribution is 0.102. The number of rotatable bonds is 5. The van der Waals surface area contributed by atoms with E-state index in [2.05, 4.69) is 20.9 Å². The van der Waals surface area contributed by atoms with Crippen LogP contribution in [-0.4, -0.2) is 21.1 Å². The summed E-state index contributed by atoms with van der Waals surface area (Å²) in [7, 11) is 0. The van der Waals surface area contributed by atoms with Gasteiger partial charge in [0, 0.05) is 28.1 Å². The molecule has 2 aromatic carbocycles. The summed E-state index contributed by atoms with van der Waals surface area (Å²) in [5.74, 6) is 0.150. The predicted octanol–water partition coefficient (Wildman–Crippen LogP) is 4.28. The molecule has 0 amide bonds. The standard InChI is InChI=1S/C19H15BrN2O2S/c1-13-11-15(7-8-16(13)20)22-10-9-21-18(19(22)24)25-12-17(23)14-5-3-2-4-6-14/h2-11H,12H2,1H3. The van der Waals surface area contributed by atoms with Crippen molar-refractivity contribution in [1.29, 1.82) is 0 Å². The number of thioether (sulfide) groups is 1. The zero-order valence-corrected chi connectivity index (χ0v) is 15.9. The number of halogens is 1. The molecule has 0 saturated carbocycles. The van der Waals surface area contributed by atoms with Crippen LogP contribution in [0.4, 0.5) is 0 Å². The minimum atomic E-state index is -0.227. The van der Waals surface area contributed by atoms with Crippen molar-refractivity contribution in [2.24, 2.45) is 0 Å². The van der Waals surface area contributed by atoms with Crippen LogP contribution >= 0.6 is 27.7 Å². The second-order valence-electron chi connectivity index (χ2n) is 5.42. The number of carbonyl (C=O) groups excluding carboxylic acids is 1. The largest absolute Gasteiger partial charge is 0.293 e. The van der Waals surface area contributed by atoms with Gasteiger partial charge in [0.25, 0.3) is 5.56 Å². The fraction of sp³-hybridized carbons (Fsp3) is 0.105. The smallest absolute Gasteiger partial charge is 0.287 e. The van der Waals surface area contributed by atoms with Gasteiger partial charge in [-0.25, -0.2) is 4.98 Å². The molecule has 0 fully saturated rings. The van der Waals surface area contributed by atoms with Crippen molar-refractivity contribution in [2.75, 3.05) is 5.75 Å². The Balaban J connectivity index is 1.83. The van der Waals surface area contributed by atoms with Crippen LogP contribution in [0.25, 0.3) is 5.69 Å². The van der Waals surface area contributed by atoms with Gasteiger partial charge in [-0.15, -0.1) is 0 Å². The molecule has 1 aromatic heterocycles. The lowest BCUT2D eigenvalue weighted by Crippen LogP contribution is -2.21. The zero-order chi connectivity index (χ0) is 17.8. The van der Waals surface area contributed by atoms with E-state index in [1.165, 1.54) is 0 Å². The molecule has 3 aromatic rings. The number of benzene rings is 2. The Morgan fingerprint density at radius 2 is 1.96 bits per heavy atom. The highest BCUT2D eigenvalue weighted by Crippen LogP contribution is 2.19. The van der Waals surface area contributed by atoms with Crippen molar-refractivity contribution in [2.45, 2.75) is 11.9 Å². The highest BCUT2D eigenvalue weighted by molar-refractivity contribution is 9.10. The second-order valence-corrected chi connectivity index (χ2v) is 7.24. The molecule has 25 heavy (non-hydrogen) atoms. The highest BCUT2D eigenvalue weighted by atomic mass is 79.9. The quantitative estimate of drug-likeness (QED) is 0.461. The van der Waals surface area contributed by atoms with E-state index in [0.717, 1.165) is 27.5 Å². The lowest BCUT2D eigenvalue weighted by Gasteiger charge is -2.09. The van der Waals surface area contributed by atoms with E-state index in [0.29, 0.717) is 10.6 Å². The van der Waals surface area contributed by atoms with Crippen molar-refractivity contribution in [3.05, 3.63) is 86.9 Å². The Bertz CT molecular complexity index is 971. The van der Waals surface area contributed by atoms with Crippen molar-refractivity contribution in [1.82, 2.24) is 9.55 Å². The third-order valence-corrected chi connectivity index (χ3v) is 5.51. The molecule has 0 spiro atoms. The van der Waals surface area contributed by atoms with Crippen LogP contribution in [0.15, 0.2) is 75.2 Å². The van der Waals surface area contributed by atoms with Crippen molar-refractivity contribution in [3.8, 4) is 5.69 Å². The average molecular weight is 415 g/mol. The first kappa shape index (κ1) is 17.6. The van der Waals surface area contributed by atoms with E-state index in [1.807, 2.05) is 43.3 Å². The molecule has 3 rings (SSSR count). The predicted molar refractivity (Wildman–Crippen MR) is 104 cm³/mol. The van der Waals surface area contributed by atoms with E-state index in [1.54, 1.807) is 29.1 Å². The summed E-state index contributed by atoms with van der Waals surface area (Å²) in [5, 5.41) is 0.312. The molecule has 4 nitrogen and oxygen atoms in total. The Morgan fingerprint density at radius 1 is 1.20 bits per heavy atom. The van der Waals surface area contributed by atoms with Gasteiger partial charge in [0.15, 0.2) is 10.8 Å². The van der Waals surface area contributed by atoms with E-state index in [4.69, 9.17) is 0 Å². The van der Waals surface area contributed by atoms with E-state index in [-0.39, 0.29) is 17.1 Å². The first-order valence-electron chi connectivity index (χ1n) is 7.61. The fourth-order valence-electron chi connectivity index (χ4n) is 2.32. The van der Waals surface area contributed by atoms with E-state index < -0.39 is 0 Å². The second kappa shape index (κ2) is 7.80. The summed E-state index contributed by atoms with van der Waals surface area (Å²) in [5.41, 5.74) is 2.21. The maximum absolute atomic E-state index is 12.7. The van der Waals surface area contributed by atoms with E-state index in [9.17, 15) is 9.59 Å². The molecule has 0 radical (unpaired) electrons. The molecule has 126 valence electrons. The Labute approximate surface area is 158 Å². The summed E-state index contributed by atoms with van der Waals surface area (Å²) in [6.45, 7) is 1.97. The van der Waals surface area contributed by atoms with Gasteiger partial charge in [0.1, 0.15) is 0 Å². The monoisotopic (exact) mass is 414 g/mol. The number of nitrogens with zero attached hydrogens (tertiary/aromatic N) is 2. The molecule has 0 atom stereocenters. The summed E-state index contributed by atoms with van der Waals surface area (Å²) in [6, 6.07) is 14.7. The number of hydrogen-bond donors (Lipinski definition) is 0. The number of aryl methyl sites for hydroxylation is 1. The molecule has 0 aliphatic rings. The Hall–Kier alpha value is -2.18. The van der Waals surface area contributed by atoms with Crippen LogP contribution in [0, 0.1) is 6.92 Å². The lowest BCUT2D eigenvalue weighted by atomic mass is 10.2. The van der Waals surface area contributed by atoms with Gasteiger partial charge < -0.3 is 0 Å². The van der Waals surface area contributed by atoms with Gasteiger partial charge in [0.05, 0.1) is 5.75 Å². The molecule has 0 saturated heterocycles. The number of Topliss-reactive ketones (excluding diaryl/α,β-unsaturated/α-hetero) is 1. The minimum Gasteiger partial charge on any atom is -0.293 e. The van der Waals surface area contributed by atoms with Gasteiger partial charge in [-0.2, -0.15) is 0 Å². The summed E-state index contributed by atoms with van der Waals surface area (Å²) >= 11 is 4.62. The molecule has 0 aliphatic heterocycles. The summed E-state index contributed by atoms with van der Waals surface area (Å²) in [6.07, 6.45) is 3.21. The topological polar surface area (TPSA) is 52.0 Å². The third kappa shape index (κ3) is 4.08. The fourth-order valence-corrected chi connectivity index (χ4v) is 3.35. The molecule has 0 unspecified atom stereocenters. The van der Waals surface area contributed by atoms with Gasteiger partial charge in [-0.3, -0.25) is 14.2 Å². The van der Waals surface area contributed by atoms with Crippen molar-refractivity contribution in [3.63, 3.8) is 0 Å². The number of hydrogen-bond acceptors (Lipinski definition) is 4. The first-order chi connectivity index (χ1) is 12.1. The SMILES string of the molecule is Cc1cc(-n2ccnc(SCC(=O)c3ccccc3)c2=O)ccc1Br. The maximum Gasteiger partial charge on any atom is 0.287 e. The maximum atomic E-state index is 12.7. The molecule has 0 bridgehead atoms. The number of ketones is 1. The minimum absolute atomic E-state index is 0.0262. The van der Waals surface area contributed by atoms with Crippen molar-refractivity contribution >= 4 is 33.5 Å². The van der Waals surface area contributed by atoms with Crippen LogP contribution in [0.1, 0.15) is 15.9 Å². The highest BCUT2D eigenvalue weighted by Gasteiger charge is 2.11. The number of carbonyl (C=O) groups is 1. The third-order valence-electron chi connectivity index (χ3n) is 3.66.